The number of hydrogen-bond donors (Lipinski definition) is 1. The Kier molecular flexibility index (Phi) is 2.40. The molecule has 0 unspecified atom stereocenters. The summed E-state index contributed by atoms with van der Waals surface area (Å²) in [7, 11) is 0. The average molecular weight is 249 g/mol. The fourth-order valence-electron chi connectivity index (χ4n) is 3.72. The lowest BCUT2D eigenvalue weighted by Gasteiger charge is -2.29. The first-order valence-corrected chi connectivity index (χ1v) is 6.48. The summed E-state index contributed by atoms with van der Waals surface area (Å²) in [4.78, 5) is 0. The number of nitriles is 2. The minimum atomic E-state index is -0.877. The van der Waals surface area contributed by atoms with Crippen LogP contribution in [0, 0.1) is 34.0 Å². The molecule has 1 fully saturated rings. The normalized spacial score (nSPS) is 30.1. The van der Waals surface area contributed by atoms with Crippen LogP contribution in [0.4, 0.5) is 5.69 Å². The van der Waals surface area contributed by atoms with Crippen molar-refractivity contribution in [2.45, 2.75) is 18.3 Å². The Balaban J connectivity index is 2.14. The van der Waals surface area contributed by atoms with E-state index in [4.69, 9.17) is 0 Å². The van der Waals surface area contributed by atoms with E-state index < -0.39 is 5.41 Å². The minimum Gasteiger partial charge on any atom is -0.384 e. The fourth-order valence-corrected chi connectivity index (χ4v) is 3.72. The number of benzene rings is 1. The molecular weight excluding hydrogens is 234 g/mol. The Morgan fingerprint density at radius 2 is 2.05 bits per heavy atom. The van der Waals surface area contributed by atoms with Crippen molar-refractivity contribution in [1.29, 1.82) is 10.5 Å². The SMILES string of the molecule is C=C[C@@H]1CC(C#N)(C#N)C[C@@]12CNc1ccccc12. The molecule has 1 N–H and O–H groups in total. The topological polar surface area (TPSA) is 59.6 Å². The van der Waals surface area contributed by atoms with E-state index in [-0.39, 0.29) is 11.3 Å². The van der Waals surface area contributed by atoms with Gasteiger partial charge in [0.15, 0.2) is 0 Å². The number of anilines is 1. The summed E-state index contributed by atoms with van der Waals surface area (Å²) < 4.78 is 0. The summed E-state index contributed by atoms with van der Waals surface area (Å²) in [6.07, 6.45) is 3.09. The summed E-state index contributed by atoms with van der Waals surface area (Å²) in [5, 5.41) is 22.2. The molecule has 3 rings (SSSR count). The molecule has 0 aromatic heterocycles. The first-order chi connectivity index (χ1) is 9.19. The third-order valence-corrected chi connectivity index (χ3v) is 4.67. The summed E-state index contributed by atoms with van der Waals surface area (Å²) in [6.45, 7) is 4.71. The highest BCUT2D eigenvalue weighted by Crippen LogP contribution is 2.58. The van der Waals surface area contributed by atoms with Gasteiger partial charge in [0, 0.05) is 17.6 Å². The van der Waals surface area contributed by atoms with Gasteiger partial charge in [-0.1, -0.05) is 24.3 Å². The molecule has 2 aliphatic rings. The number of nitrogens with zero attached hydrogens (tertiary/aromatic N) is 2. The summed E-state index contributed by atoms with van der Waals surface area (Å²) in [5.74, 6) is 0.169. The molecule has 1 saturated carbocycles. The Morgan fingerprint density at radius 1 is 1.32 bits per heavy atom. The van der Waals surface area contributed by atoms with Crippen LogP contribution in [0.3, 0.4) is 0 Å². The highest BCUT2D eigenvalue weighted by molar-refractivity contribution is 5.62. The number of fused-ring (bicyclic) bond motifs is 2. The lowest BCUT2D eigenvalue weighted by atomic mass is 9.73. The molecule has 0 amide bonds. The van der Waals surface area contributed by atoms with Crippen LogP contribution in [-0.2, 0) is 5.41 Å². The molecule has 94 valence electrons. The predicted molar refractivity (Wildman–Crippen MR) is 73.2 cm³/mol. The van der Waals surface area contributed by atoms with Crippen molar-refractivity contribution in [1.82, 2.24) is 0 Å². The summed E-state index contributed by atoms with van der Waals surface area (Å²) >= 11 is 0. The van der Waals surface area contributed by atoms with Gasteiger partial charge in [-0.3, -0.25) is 0 Å². The first-order valence-electron chi connectivity index (χ1n) is 6.48. The quantitative estimate of drug-likeness (QED) is 0.778. The van der Waals surface area contributed by atoms with E-state index in [1.54, 1.807) is 0 Å². The van der Waals surface area contributed by atoms with Crippen molar-refractivity contribution in [2.24, 2.45) is 11.3 Å². The maximum atomic E-state index is 9.39. The number of para-hydroxylation sites is 1. The van der Waals surface area contributed by atoms with Gasteiger partial charge in [-0.05, 0) is 30.4 Å². The van der Waals surface area contributed by atoms with Crippen molar-refractivity contribution in [3.8, 4) is 12.1 Å². The second kappa shape index (κ2) is 3.87. The molecule has 1 aromatic carbocycles. The zero-order valence-corrected chi connectivity index (χ0v) is 10.7. The van der Waals surface area contributed by atoms with Crippen LogP contribution in [0.2, 0.25) is 0 Å². The highest BCUT2D eigenvalue weighted by atomic mass is 14.9. The van der Waals surface area contributed by atoms with Gasteiger partial charge in [0.2, 0.25) is 0 Å². The molecule has 3 nitrogen and oxygen atoms in total. The van der Waals surface area contributed by atoms with E-state index in [0.29, 0.717) is 12.8 Å². The lowest BCUT2D eigenvalue weighted by molar-refractivity contribution is 0.399. The van der Waals surface area contributed by atoms with Crippen molar-refractivity contribution < 1.29 is 0 Å². The van der Waals surface area contributed by atoms with E-state index in [1.807, 2.05) is 18.2 Å². The van der Waals surface area contributed by atoms with Gasteiger partial charge in [-0.25, -0.2) is 0 Å². The van der Waals surface area contributed by atoms with Crippen LogP contribution in [0.5, 0.6) is 0 Å². The maximum absolute atomic E-state index is 9.39. The molecule has 2 atom stereocenters. The van der Waals surface area contributed by atoms with E-state index in [1.165, 1.54) is 5.56 Å². The molecular formula is C16H15N3. The van der Waals surface area contributed by atoms with Gasteiger partial charge < -0.3 is 5.32 Å². The van der Waals surface area contributed by atoms with Crippen LogP contribution in [0.1, 0.15) is 18.4 Å². The minimum absolute atomic E-state index is 0.149. The van der Waals surface area contributed by atoms with Gasteiger partial charge in [-0.15, -0.1) is 6.58 Å². The van der Waals surface area contributed by atoms with Crippen LogP contribution in [-0.4, -0.2) is 6.54 Å². The Morgan fingerprint density at radius 3 is 2.74 bits per heavy atom. The Hall–Kier alpha value is -2.26. The predicted octanol–water partition coefficient (Wildman–Crippen LogP) is 2.98. The molecule has 1 aliphatic carbocycles. The number of rotatable bonds is 1. The zero-order chi connectivity index (χ0) is 13.5. The van der Waals surface area contributed by atoms with E-state index in [2.05, 4.69) is 36.2 Å². The second-order valence-corrected chi connectivity index (χ2v) is 5.58. The van der Waals surface area contributed by atoms with E-state index in [9.17, 15) is 10.5 Å². The van der Waals surface area contributed by atoms with Crippen LogP contribution >= 0.6 is 0 Å². The molecule has 1 aliphatic heterocycles. The molecule has 1 aromatic rings. The highest BCUT2D eigenvalue weighted by Gasteiger charge is 2.57. The lowest BCUT2D eigenvalue weighted by Crippen LogP contribution is -2.32. The monoisotopic (exact) mass is 249 g/mol. The first kappa shape index (κ1) is 11.8. The molecule has 0 saturated heterocycles. The Bertz CT molecular complexity index is 606. The van der Waals surface area contributed by atoms with Crippen molar-refractivity contribution in [3.05, 3.63) is 42.5 Å². The van der Waals surface area contributed by atoms with E-state index in [0.717, 1.165) is 12.2 Å². The van der Waals surface area contributed by atoms with Crippen molar-refractivity contribution in [2.75, 3.05) is 11.9 Å². The molecule has 0 radical (unpaired) electrons. The van der Waals surface area contributed by atoms with Gasteiger partial charge in [0.25, 0.3) is 0 Å². The summed E-state index contributed by atoms with van der Waals surface area (Å²) in [5.41, 5.74) is 1.33. The Labute approximate surface area is 113 Å². The fraction of sp³-hybridized carbons (Fsp3) is 0.375. The van der Waals surface area contributed by atoms with Gasteiger partial charge in [-0.2, -0.15) is 10.5 Å². The maximum Gasteiger partial charge on any atom is 0.145 e. The van der Waals surface area contributed by atoms with E-state index >= 15 is 0 Å². The summed E-state index contributed by atoms with van der Waals surface area (Å²) in [6, 6.07) is 12.7. The van der Waals surface area contributed by atoms with Gasteiger partial charge >= 0.3 is 0 Å². The molecule has 3 heteroatoms. The third kappa shape index (κ3) is 1.42. The van der Waals surface area contributed by atoms with Crippen LogP contribution in [0.15, 0.2) is 36.9 Å². The second-order valence-electron chi connectivity index (χ2n) is 5.58. The van der Waals surface area contributed by atoms with Gasteiger partial charge in [0.05, 0.1) is 12.1 Å². The molecule has 0 bridgehead atoms. The molecule has 19 heavy (non-hydrogen) atoms. The third-order valence-electron chi connectivity index (χ3n) is 4.67. The van der Waals surface area contributed by atoms with Crippen LogP contribution < -0.4 is 5.32 Å². The van der Waals surface area contributed by atoms with Crippen molar-refractivity contribution >= 4 is 5.69 Å². The number of nitrogens with one attached hydrogen (secondary N) is 1. The smallest absolute Gasteiger partial charge is 0.145 e. The number of hydrogen-bond acceptors (Lipinski definition) is 3. The number of allylic oxidation sites excluding steroid dienone is 1. The molecule has 1 heterocycles. The standard InChI is InChI=1S/C16H15N3/c1-2-12-7-15(9-17,10-18)8-16(12)11-19-14-6-4-3-5-13(14)16/h2-6,12,19H,1,7-8,11H2/t12-,16-/m1/s1. The van der Waals surface area contributed by atoms with Crippen molar-refractivity contribution in [3.63, 3.8) is 0 Å². The molecule has 1 spiro atoms. The zero-order valence-electron chi connectivity index (χ0n) is 10.7. The van der Waals surface area contributed by atoms with Gasteiger partial charge in [0.1, 0.15) is 5.41 Å². The largest absolute Gasteiger partial charge is 0.384 e. The average Bonchev–Trinajstić information content (AvgIpc) is 3.00. The van der Waals surface area contributed by atoms with Crippen LogP contribution in [0.25, 0.3) is 0 Å².